The molecule has 0 radical (unpaired) electrons. The van der Waals surface area contributed by atoms with Gasteiger partial charge in [0.05, 0.1) is 18.6 Å². The zero-order valence-corrected chi connectivity index (χ0v) is 14.0. The summed E-state index contributed by atoms with van der Waals surface area (Å²) in [5.74, 6) is -2.75. The fourth-order valence-corrected chi connectivity index (χ4v) is 3.41. The van der Waals surface area contributed by atoms with E-state index in [0.29, 0.717) is 24.2 Å². The molecule has 4 rings (SSSR count). The Balaban J connectivity index is 1.43. The van der Waals surface area contributed by atoms with E-state index in [1.54, 1.807) is 12.1 Å². The van der Waals surface area contributed by atoms with E-state index in [4.69, 9.17) is 4.74 Å². The van der Waals surface area contributed by atoms with Crippen molar-refractivity contribution in [2.24, 2.45) is 0 Å². The molecule has 1 fully saturated rings. The molecule has 0 saturated heterocycles. The van der Waals surface area contributed by atoms with E-state index in [1.165, 1.54) is 12.1 Å². The molecule has 1 unspecified atom stereocenters. The van der Waals surface area contributed by atoms with Crippen molar-refractivity contribution in [3.63, 3.8) is 0 Å². The van der Waals surface area contributed by atoms with E-state index < -0.39 is 17.6 Å². The second-order valence-electron chi connectivity index (χ2n) is 7.11. The molecule has 0 aliphatic heterocycles. The highest BCUT2D eigenvalue weighted by molar-refractivity contribution is 5.95. The molecule has 0 heterocycles. The standard InChI is InChI=1S/C20H19F2NO3/c21-20(22)11-17(20)26-16-7-5-13(6-8-16)18(25)23-19(12-24)9-14-3-1-2-4-15(14)10-19/h1-8,17,24H,9-12H2,(H,23,25). The van der Waals surface area contributed by atoms with Crippen LogP contribution in [0.1, 0.15) is 27.9 Å². The second-order valence-corrected chi connectivity index (χ2v) is 7.11. The zero-order valence-electron chi connectivity index (χ0n) is 14.0. The van der Waals surface area contributed by atoms with Crippen LogP contribution in [0.5, 0.6) is 5.75 Å². The van der Waals surface area contributed by atoms with E-state index in [2.05, 4.69) is 5.32 Å². The largest absolute Gasteiger partial charge is 0.484 e. The van der Waals surface area contributed by atoms with E-state index in [-0.39, 0.29) is 18.9 Å². The number of fused-ring (bicyclic) bond motifs is 1. The molecule has 2 aromatic rings. The number of halogens is 2. The molecule has 0 spiro atoms. The quantitative estimate of drug-likeness (QED) is 0.863. The summed E-state index contributed by atoms with van der Waals surface area (Å²) in [6.45, 7) is -0.161. The fourth-order valence-electron chi connectivity index (χ4n) is 3.41. The molecular weight excluding hydrogens is 340 g/mol. The molecule has 0 aromatic heterocycles. The Morgan fingerprint density at radius 2 is 1.69 bits per heavy atom. The van der Waals surface area contributed by atoms with Gasteiger partial charge >= 0.3 is 0 Å². The molecule has 2 N–H and O–H groups in total. The maximum atomic E-state index is 12.9. The van der Waals surface area contributed by atoms with Gasteiger partial charge in [0.2, 0.25) is 0 Å². The molecule has 1 saturated carbocycles. The van der Waals surface area contributed by atoms with Gasteiger partial charge in [-0.15, -0.1) is 0 Å². The van der Waals surface area contributed by atoms with Crippen LogP contribution in [0.15, 0.2) is 48.5 Å². The molecule has 1 atom stereocenters. The van der Waals surface area contributed by atoms with Crippen LogP contribution in [0.3, 0.4) is 0 Å². The summed E-state index contributed by atoms with van der Waals surface area (Å²) in [7, 11) is 0. The minimum Gasteiger partial charge on any atom is -0.484 e. The molecule has 4 nitrogen and oxygen atoms in total. The highest BCUT2D eigenvalue weighted by Crippen LogP contribution is 2.44. The molecule has 26 heavy (non-hydrogen) atoms. The summed E-state index contributed by atoms with van der Waals surface area (Å²) >= 11 is 0. The van der Waals surface area contributed by atoms with Crippen molar-refractivity contribution in [1.29, 1.82) is 0 Å². The molecule has 2 aromatic carbocycles. The third-order valence-corrected chi connectivity index (χ3v) is 5.02. The predicted octanol–water partition coefficient (Wildman–Crippen LogP) is 2.73. The Morgan fingerprint density at radius 3 is 2.19 bits per heavy atom. The minimum atomic E-state index is -2.75. The van der Waals surface area contributed by atoms with Crippen LogP contribution in [-0.2, 0) is 12.8 Å². The summed E-state index contributed by atoms with van der Waals surface area (Å²) < 4.78 is 31.0. The van der Waals surface area contributed by atoms with Crippen molar-refractivity contribution in [2.75, 3.05) is 6.61 Å². The van der Waals surface area contributed by atoms with Crippen molar-refractivity contribution in [2.45, 2.75) is 36.8 Å². The summed E-state index contributed by atoms with van der Waals surface area (Å²) in [5, 5.41) is 12.8. The molecule has 6 heteroatoms. The van der Waals surface area contributed by atoms with Gasteiger partial charge in [-0.3, -0.25) is 4.79 Å². The van der Waals surface area contributed by atoms with Crippen molar-refractivity contribution < 1.29 is 23.4 Å². The Kier molecular flexibility index (Phi) is 3.95. The first-order valence-corrected chi connectivity index (χ1v) is 8.56. The van der Waals surface area contributed by atoms with Gasteiger partial charge in [-0.25, -0.2) is 8.78 Å². The van der Waals surface area contributed by atoms with E-state index in [0.717, 1.165) is 11.1 Å². The molecular formula is C20H19F2NO3. The lowest BCUT2D eigenvalue weighted by Crippen LogP contribution is -2.52. The Bertz CT molecular complexity index is 810. The summed E-state index contributed by atoms with van der Waals surface area (Å²) in [6, 6.07) is 14.0. The molecule has 2 aliphatic carbocycles. The van der Waals surface area contributed by atoms with Crippen LogP contribution in [0.4, 0.5) is 8.78 Å². The Labute approximate surface area is 149 Å². The van der Waals surface area contributed by atoms with E-state index in [9.17, 15) is 18.7 Å². The van der Waals surface area contributed by atoms with E-state index in [1.807, 2.05) is 24.3 Å². The Morgan fingerprint density at radius 1 is 1.12 bits per heavy atom. The molecule has 136 valence electrons. The molecule has 0 bridgehead atoms. The number of hydrogen-bond acceptors (Lipinski definition) is 3. The first kappa shape index (κ1) is 17.0. The second kappa shape index (κ2) is 6.06. The van der Waals surface area contributed by atoms with Crippen molar-refractivity contribution >= 4 is 5.91 Å². The lowest BCUT2D eigenvalue weighted by Gasteiger charge is -2.28. The number of hydrogen-bond donors (Lipinski definition) is 2. The average Bonchev–Trinajstić information content (AvgIpc) is 3.06. The highest BCUT2D eigenvalue weighted by atomic mass is 19.3. The third-order valence-electron chi connectivity index (χ3n) is 5.02. The van der Waals surface area contributed by atoms with Crippen molar-refractivity contribution in [1.82, 2.24) is 5.32 Å². The van der Waals surface area contributed by atoms with Crippen LogP contribution in [0, 0.1) is 0 Å². The predicted molar refractivity (Wildman–Crippen MR) is 91.6 cm³/mol. The maximum Gasteiger partial charge on any atom is 0.288 e. The smallest absolute Gasteiger partial charge is 0.288 e. The maximum absolute atomic E-state index is 12.9. The van der Waals surface area contributed by atoms with Gasteiger partial charge in [-0.2, -0.15) is 0 Å². The third kappa shape index (κ3) is 3.17. The lowest BCUT2D eigenvalue weighted by molar-refractivity contribution is 0.0664. The van der Waals surface area contributed by atoms with Crippen LogP contribution in [0.2, 0.25) is 0 Å². The minimum absolute atomic E-state index is 0.161. The van der Waals surface area contributed by atoms with Crippen LogP contribution >= 0.6 is 0 Å². The van der Waals surface area contributed by atoms with Crippen LogP contribution in [0.25, 0.3) is 0 Å². The molecule has 2 aliphatic rings. The number of carbonyl (C=O) groups is 1. The van der Waals surface area contributed by atoms with Crippen molar-refractivity contribution in [3.8, 4) is 5.75 Å². The monoisotopic (exact) mass is 359 g/mol. The first-order valence-electron chi connectivity index (χ1n) is 8.56. The summed E-state index contributed by atoms with van der Waals surface area (Å²) in [6.07, 6.45) is -0.196. The SMILES string of the molecule is O=C(NC1(CO)Cc2ccccc2C1)c1ccc(OC2CC2(F)F)cc1. The number of ether oxygens (including phenoxy) is 1. The van der Waals surface area contributed by atoms with Gasteiger partial charge in [-0.05, 0) is 48.2 Å². The number of alkyl halides is 2. The van der Waals surface area contributed by atoms with Gasteiger partial charge in [0.25, 0.3) is 11.8 Å². The summed E-state index contributed by atoms with van der Waals surface area (Å²) in [4.78, 5) is 12.6. The highest BCUT2D eigenvalue weighted by Gasteiger charge is 2.59. The number of aliphatic hydroxyl groups is 1. The topological polar surface area (TPSA) is 58.6 Å². The zero-order chi connectivity index (χ0) is 18.4. The van der Waals surface area contributed by atoms with Gasteiger partial charge < -0.3 is 15.2 Å². The van der Waals surface area contributed by atoms with Crippen LogP contribution < -0.4 is 10.1 Å². The normalized spacial score (nSPS) is 21.7. The van der Waals surface area contributed by atoms with Gasteiger partial charge in [-0.1, -0.05) is 24.3 Å². The number of carbonyl (C=O) groups excluding carboxylic acids is 1. The number of rotatable bonds is 5. The molecule has 1 amide bonds. The number of amides is 1. The first-order chi connectivity index (χ1) is 12.4. The average molecular weight is 359 g/mol. The van der Waals surface area contributed by atoms with E-state index >= 15 is 0 Å². The van der Waals surface area contributed by atoms with Crippen molar-refractivity contribution in [3.05, 3.63) is 65.2 Å². The Hall–Kier alpha value is -2.47. The number of benzene rings is 2. The fraction of sp³-hybridized carbons (Fsp3) is 0.350. The number of aliphatic hydroxyl groups excluding tert-OH is 1. The van der Waals surface area contributed by atoms with Gasteiger partial charge in [0.1, 0.15) is 5.75 Å². The van der Waals surface area contributed by atoms with Crippen LogP contribution in [-0.4, -0.2) is 35.2 Å². The van der Waals surface area contributed by atoms with Gasteiger partial charge in [0.15, 0.2) is 6.10 Å². The number of nitrogens with one attached hydrogen (secondary N) is 1. The lowest BCUT2D eigenvalue weighted by atomic mass is 9.96. The van der Waals surface area contributed by atoms with Gasteiger partial charge in [0, 0.05) is 5.56 Å². The summed E-state index contributed by atoms with van der Waals surface area (Å²) in [5.41, 5.74) is 1.92.